The number of esters is 1. The summed E-state index contributed by atoms with van der Waals surface area (Å²) in [7, 11) is 1.94. The number of benzene rings is 1. The van der Waals surface area contributed by atoms with Gasteiger partial charge in [0.1, 0.15) is 5.25 Å². The Balaban J connectivity index is 2.60. The van der Waals surface area contributed by atoms with Crippen molar-refractivity contribution in [2.24, 2.45) is 0 Å². The standard InChI is InChI=1S/C14H21NO2S/c1-5-17-14(16)11(3)18-13-8-6-12(7-9-13)10(2)15-4/h6-11,15H,5H2,1-4H3. The van der Waals surface area contributed by atoms with Gasteiger partial charge in [-0.1, -0.05) is 12.1 Å². The summed E-state index contributed by atoms with van der Waals surface area (Å²) in [4.78, 5) is 12.6. The highest BCUT2D eigenvalue weighted by Crippen LogP contribution is 2.25. The van der Waals surface area contributed by atoms with E-state index >= 15 is 0 Å². The second-order valence-electron chi connectivity index (χ2n) is 4.09. The van der Waals surface area contributed by atoms with Crippen molar-refractivity contribution in [1.29, 1.82) is 0 Å². The van der Waals surface area contributed by atoms with Gasteiger partial charge in [-0.2, -0.15) is 0 Å². The highest BCUT2D eigenvalue weighted by molar-refractivity contribution is 8.00. The van der Waals surface area contributed by atoms with Gasteiger partial charge >= 0.3 is 5.97 Å². The second kappa shape index (κ2) is 7.44. The first kappa shape index (κ1) is 15.1. The van der Waals surface area contributed by atoms with Crippen molar-refractivity contribution in [2.45, 2.75) is 37.0 Å². The third-order valence-electron chi connectivity index (χ3n) is 2.74. The molecule has 0 heterocycles. The molecule has 2 atom stereocenters. The average molecular weight is 267 g/mol. The minimum absolute atomic E-state index is 0.157. The van der Waals surface area contributed by atoms with Crippen LogP contribution >= 0.6 is 11.8 Å². The van der Waals surface area contributed by atoms with Crippen molar-refractivity contribution in [3.05, 3.63) is 29.8 Å². The quantitative estimate of drug-likeness (QED) is 0.635. The third-order valence-corrected chi connectivity index (χ3v) is 3.83. The summed E-state index contributed by atoms with van der Waals surface area (Å²) in [6.07, 6.45) is 0. The van der Waals surface area contributed by atoms with Gasteiger partial charge in [-0.15, -0.1) is 11.8 Å². The number of hydrogen-bond acceptors (Lipinski definition) is 4. The Bertz CT molecular complexity index is 378. The number of carbonyl (C=O) groups excluding carboxylic acids is 1. The van der Waals surface area contributed by atoms with Crippen molar-refractivity contribution in [3.63, 3.8) is 0 Å². The zero-order valence-corrected chi connectivity index (χ0v) is 12.2. The lowest BCUT2D eigenvalue weighted by atomic mass is 10.1. The molecule has 0 aliphatic carbocycles. The summed E-state index contributed by atoms with van der Waals surface area (Å²) in [6, 6.07) is 8.60. The van der Waals surface area contributed by atoms with E-state index in [1.54, 1.807) is 0 Å². The Morgan fingerprint density at radius 2 is 1.94 bits per heavy atom. The van der Waals surface area contributed by atoms with Gasteiger partial charge in [-0.3, -0.25) is 4.79 Å². The first-order valence-electron chi connectivity index (χ1n) is 6.19. The second-order valence-corrected chi connectivity index (χ2v) is 5.51. The first-order valence-corrected chi connectivity index (χ1v) is 7.07. The SMILES string of the molecule is CCOC(=O)C(C)Sc1ccc(C(C)NC)cc1. The van der Waals surface area contributed by atoms with E-state index in [0.717, 1.165) is 4.90 Å². The number of hydrogen-bond donors (Lipinski definition) is 1. The Morgan fingerprint density at radius 3 is 2.44 bits per heavy atom. The van der Waals surface area contributed by atoms with Gasteiger partial charge in [-0.25, -0.2) is 0 Å². The molecule has 0 saturated heterocycles. The van der Waals surface area contributed by atoms with Crippen LogP contribution in [0, 0.1) is 0 Å². The van der Waals surface area contributed by atoms with Gasteiger partial charge in [0.2, 0.25) is 0 Å². The monoisotopic (exact) mass is 267 g/mol. The fourth-order valence-corrected chi connectivity index (χ4v) is 2.38. The van der Waals surface area contributed by atoms with E-state index in [1.807, 2.05) is 33.0 Å². The highest BCUT2D eigenvalue weighted by atomic mass is 32.2. The predicted molar refractivity (Wildman–Crippen MR) is 75.9 cm³/mol. The Hall–Kier alpha value is -1.00. The van der Waals surface area contributed by atoms with Crippen molar-refractivity contribution in [3.8, 4) is 0 Å². The van der Waals surface area contributed by atoms with Crippen LogP contribution in [-0.4, -0.2) is 24.9 Å². The Kier molecular flexibility index (Phi) is 6.22. The zero-order valence-electron chi connectivity index (χ0n) is 11.4. The van der Waals surface area contributed by atoms with Crippen molar-refractivity contribution >= 4 is 17.7 Å². The van der Waals surface area contributed by atoms with Gasteiger partial charge in [0.15, 0.2) is 0 Å². The lowest BCUT2D eigenvalue weighted by Gasteiger charge is -2.13. The van der Waals surface area contributed by atoms with E-state index in [9.17, 15) is 4.79 Å². The number of thioether (sulfide) groups is 1. The summed E-state index contributed by atoms with van der Waals surface area (Å²) in [5.41, 5.74) is 1.24. The van der Waals surface area contributed by atoms with Crippen molar-refractivity contribution in [1.82, 2.24) is 5.32 Å². The van der Waals surface area contributed by atoms with Crippen LogP contribution in [-0.2, 0) is 9.53 Å². The summed E-state index contributed by atoms with van der Waals surface area (Å²) in [5.74, 6) is -0.157. The van der Waals surface area contributed by atoms with Gasteiger partial charge < -0.3 is 10.1 Å². The number of ether oxygens (including phenoxy) is 1. The largest absolute Gasteiger partial charge is 0.465 e. The van der Waals surface area contributed by atoms with Gasteiger partial charge in [0.05, 0.1) is 6.61 Å². The minimum atomic E-state index is -0.169. The molecule has 1 N–H and O–H groups in total. The van der Waals surface area contributed by atoms with Gasteiger partial charge in [0.25, 0.3) is 0 Å². The molecular formula is C14H21NO2S. The number of carbonyl (C=O) groups is 1. The van der Waals surface area contributed by atoms with Crippen molar-refractivity contribution in [2.75, 3.05) is 13.7 Å². The lowest BCUT2D eigenvalue weighted by Crippen LogP contribution is -2.16. The summed E-state index contributed by atoms with van der Waals surface area (Å²) >= 11 is 1.52. The van der Waals surface area contributed by atoms with E-state index in [2.05, 4.69) is 24.4 Å². The Labute approximate surface area is 113 Å². The van der Waals surface area contributed by atoms with Crippen LogP contribution in [0.1, 0.15) is 32.4 Å². The van der Waals surface area contributed by atoms with E-state index < -0.39 is 0 Å². The molecule has 0 spiro atoms. The smallest absolute Gasteiger partial charge is 0.319 e. The van der Waals surface area contributed by atoms with Gasteiger partial charge in [-0.05, 0) is 45.5 Å². The third kappa shape index (κ3) is 4.35. The predicted octanol–water partition coefficient (Wildman–Crippen LogP) is 3.01. The summed E-state index contributed by atoms with van der Waals surface area (Å²) in [6.45, 7) is 6.24. The van der Waals surface area contributed by atoms with E-state index in [1.165, 1.54) is 17.3 Å². The highest BCUT2D eigenvalue weighted by Gasteiger charge is 2.15. The fraction of sp³-hybridized carbons (Fsp3) is 0.500. The molecule has 1 aromatic rings. The molecule has 0 bridgehead atoms. The molecule has 0 saturated carbocycles. The van der Waals surface area contributed by atoms with Crippen LogP contribution in [0.15, 0.2) is 29.2 Å². The average Bonchev–Trinajstić information content (AvgIpc) is 2.39. The maximum Gasteiger partial charge on any atom is 0.319 e. The molecule has 0 aliphatic heterocycles. The topological polar surface area (TPSA) is 38.3 Å². The van der Waals surface area contributed by atoms with Crippen LogP contribution in [0.5, 0.6) is 0 Å². The maximum absolute atomic E-state index is 11.5. The molecule has 100 valence electrons. The number of rotatable bonds is 6. The van der Waals surface area contributed by atoms with Crippen LogP contribution < -0.4 is 5.32 Å². The molecule has 0 aliphatic rings. The molecule has 2 unspecified atom stereocenters. The van der Waals surface area contributed by atoms with Crippen LogP contribution in [0.25, 0.3) is 0 Å². The minimum Gasteiger partial charge on any atom is -0.465 e. The van der Waals surface area contributed by atoms with Crippen LogP contribution in [0.2, 0.25) is 0 Å². The first-order chi connectivity index (χ1) is 8.58. The molecular weight excluding hydrogens is 246 g/mol. The zero-order chi connectivity index (χ0) is 13.5. The van der Waals surface area contributed by atoms with Crippen LogP contribution in [0.3, 0.4) is 0 Å². The van der Waals surface area contributed by atoms with E-state index in [-0.39, 0.29) is 11.2 Å². The molecule has 3 nitrogen and oxygen atoms in total. The maximum atomic E-state index is 11.5. The number of nitrogens with one attached hydrogen (secondary N) is 1. The van der Waals surface area contributed by atoms with Crippen molar-refractivity contribution < 1.29 is 9.53 Å². The molecule has 1 aromatic carbocycles. The fourth-order valence-electron chi connectivity index (χ4n) is 1.51. The summed E-state index contributed by atoms with van der Waals surface area (Å²) in [5, 5.41) is 3.03. The molecule has 0 amide bonds. The lowest BCUT2D eigenvalue weighted by molar-refractivity contribution is -0.142. The molecule has 1 rings (SSSR count). The normalized spacial score (nSPS) is 14.0. The molecule has 0 aromatic heterocycles. The van der Waals surface area contributed by atoms with E-state index in [0.29, 0.717) is 12.6 Å². The molecule has 4 heteroatoms. The molecule has 0 fully saturated rings. The van der Waals surface area contributed by atoms with Gasteiger partial charge in [0, 0.05) is 10.9 Å². The Morgan fingerprint density at radius 1 is 1.33 bits per heavy atom. The molecule has 18 heavy (non-hydrogen) atoms. The van der Waals surface area contributed by atoms with E-state index in [4.69, 9.17) is 4.74 Å². The van der Waals surface area contributed by atoms with Crippen LogP contribution in [0.4, 0.5) is 0 Å². The summed E-state index contributed by atoms with van der Waals surface area (Å²) < 4.78 is 4.99. The molecule has 0 radical (unpaired) electrons.